The van der Waals surface area contributed by atoms with Gasteiger partial charge in [0.1, 0.15) is 0 Å². The summed E-state index contributed by atoms with van der Waals surface area (Å²) in [7, 11) is 1.69. The monoisotopic (exact) mass is 242 g/mol. The van der Waals surface area contributed by atoms with Gasteiger partial charge < -0.3 is 15.0 Å². The summed E-state index contributed by atoms with van der Waals surface area (Å²) >= 11 is 0. The molecule has 0 spiro atoms. The maximum atomic E-state index is 12.4. The minimum absolute atomic E-state index is 0.0174. The first kappa shape index (κ1) is 14.5. The van der Waals surface area contributed by atoms with Crippen LogP contribution < -0.4 is 5.32 Å². The first-order chi connectivity index (χ1) is 7.78. The molecule has 1 N–H and O–H groups in total. The lowest BCUT2D eigenvalue weighted by Crippen LogP contribution is -2.47. The van der Waals surface area contributed by atoms with Crippen molar-refractivity contribution < 1.29 is 9.53 Å². The normalized spacial score (nSPS) is 23.6. The third kappa shape index (κ3) is 3.96. The van der Waals surface area contributed by atoms with Gasteiger partial charge in [0.15, 0.2) is 0 Å². The van der Waals surface area contributed by atoms with Gasteiger partial charge in [0.2, 0.25) is 5.91 Å². The Hall–Kier alpha value is -0.610. The molecule has 0 aromatic carbocycles. The van der Waals surface area contributed by atoms with Gasteiger partial charge in [-0.15, -0.1) is 0 Å². The summed E-state index contributed by atoms with van der Waals surface area (Å²) in [6, 6.07) is 0. The molecule has 1 saturated heterocycles. The second-order valence-corrected chi connectivity index (χ2v) is 6.19. The van der Waals surface area contributed by atoms with Crippen molar-refractivity contribution in [1.29, 1.82) is 0 Å². The van der Waals surface area contributed by atoms with Crippen LogP contribution in [0.15, 0.2) is 0 Å². The number of carbonyl (C=O) groups is 1. The molecule has 0 bridgehead atoms. The third-order valence-electron chi connectivity index (χ3n) is 3.24. The van der Waals surface area contributed by atoms with Crippen molar-refractivity contribution in [3.63, 3.8) is 0 Å². The molecule has 4 nitrogen and oxygen atoms in total. The molecule has 0 radical (unpaired) electrons. The van der Waals surface area contributed by atoms with Crippen LogP contribution in [0.2, 0.25) is 0 Å². The molecule has 0 aliphatic carbocycles. The first-order valence-electron chi connectivity index (χ1n) is 6.32. The van der Waals surface area contributed by atoms with E-state index in [2.05, 4.69) is 19.2 Å². The summed E-state index contributed by atoms with van der Waals surface area (Å²) in [5.74, 6) is 0.242. The van der Waals surface area contributed by atoms with Crippen molar-refractivity contribution in [2.75, 3.05) is 33.4 Å². The summed E-state index contributed by atoms with van der Waals surface area (Å²) in [4.78, 5) is 14.4. The van der Waals surface area contributed by atoms with Crippen molar-refractivity contribution in [1.82, 2.24) is 10.2 Å². The zero-order valence-corrected chi connectivity index (χ0v) is 11.8. The van der Waals surface area contributed by atoms with Gasteiger partial charge in [0.05, 0.1) is 5.41 Å². The minimum atomic E-state index is -0.319. The standard InChI is InChI=1S/C13H26N2O2/c1-12(2)9-14-13(3,4)10-15(11(12)16)7-6-8-17-5/h14H,6-10H2,1-5H3. The van der Waals surface area contributed by atoms with Crippen LogP contribution in [0.25, 0.3) is 0 Å². The summed E-state index contributed by atoms with van der Waals surface area (Å²) < 4.78 is 5.05. The number of hydrogen-bond donors (Lipinski definition) is 1. The lowest BCUT2D eigenvalue weighted by atomic mass is 9.92. The molecular formula is C13H26N2O2. The molecule has 17 heavy (non-hydrogen) atoms. The predicted molar refractivity (Wildman–Crippen MR) is 68.9 cm³/mol. The second-order valence-electron chi connectivity index (χ2n) is 6.19. The van der Waals surface area contributed by atoms with Gasteiger partial charge >= 0.3 is 0 Å². The zero-order chi connectivity index (χ0) is 13.1. The molecule has 100 valence electrons. The fraction of sp³-hybridized carbons (Fsp3) is 0.923. The van der Waals surface area contributed by atoms with E-state index in [1.54, 1.807) is 7.11 Å². The van der Waals surface area contributed by atoms with E-state index in [1.165, 1.54) is 0 Å². The van der Waals surface area contributed by atoms with E-state index in [-0.39, 0.29) is 16.9 Å². The van der Waals surface area contributed by atoms with E-state index in [0.717, 1.165) is 26.1 Å². The average molecular weight is 242 g/mol. The number of nitrogens with one attached hydrogen (secondary N) is 1. The topological polar surface area (TPSA) is 41.6 Å². The smallest absolute Gasteiger partial charge is 0.229 e. The van der Waals surface area contributed by atoms with Crippen molar-refractivity contribution >= 4 is 5.91 Å². The Labute approximate surface area is 105 Å². The highest BCUT2D eigenvalue weighted by atomic mass is 16.5. The van der Waals surface area contributed by atoms with E-state index in [1.807, 2.05) is 18.7 Å². The van der Waals surface area contributed by atoms with E-state index < -0.39 is 0 Å². The van der Waals surface area contributed by atoms with Crippen LogP contribution in [0.3, 0.4) is 0 Å². The highest BCUT2D eigenvalue weighted by Crippen LogP contribution is 2.24. The van der Waals surface area contributed by atoms with Crippen LogP contribution >= 0.6 is 0 Å². The van der Waals surface area contributed by atoms with Crippen molar-refractivity contribution in [2.24, 2.45) is 5.41 Å². The van der Waals surface area contributed by atoms with Crippen LogP contribution in [-0.2, 0) is 9.53 Å². The molecule has 0 unspecified atom stereocenters. The lowest BCUT2D eigenvalue weighted by molar-refractivity contribution is -0.139. The van der Waals surface area contributed by atoms with Gasteiger partial charge in [0, 0.05) is 38.9 Å². The Balaban J connectivity index is 2.72. The number of nitrogens with zero attached hydrogens (tertiary/aromatic N) is 1. The van der Waals surface area contributed by atoms with Crippen molar-refractivity contribution in [3.05, 3.63) is 0 Å². The highest BCUT2D eigenvalue weighted by Gasteiger charge is 2.38. The maximum absolute atomic E-state index is 12.4. The number of hydrogen-bond acceptors (Lipinski definition) is 3. The van der Waals surface area contributed by atoms with E-state index in [4.69, 9.17) is 4.74 Å². The molecule has 1 amide bonds. The van der Waals surface area contributed by atoms with Crippen LogP contribution in [0.4, 0.5) is 0 Å². The van der Waals surface area contributed by atoms with Crippen molar-refractivity contribution in [2.45, 2.75) is 39.7 Å². The molecule has 4 heteroatoms. The Bertz CT molecular complexity index is 275. The third-order valence-corrected chi connectivity index (χ3v) is 3.24. The molecule has 1 heterocycles. The summed E-state index contributed by atoms with van der Waals surface area (Å²) in [5, 5.41) is 3.47. The second kappa shape index (κ2) is 5.36. The number of rotatable bonds is 4. The van der Waals surface area contributed by atoms with Gasteiger partial charge in [-0.3, -0.25) is 4.79 Å². The molecule has 0 atom stereocenters. The Morgan fingerprint density at radius 3 is 2.59 bits per heavy atom. The Kier molecular flexibility index (Phi) is 4.55. The first-order valence-corrected chi connectivity index (χ1v) is 6.32. The average Bonchev–Trinajstić information content (AvgIpc) is 2.30. The van der Waals surface area contributed by atoms with Crippen molar-refractivity contribution in [3.8, 4) is 0 Å². The van der Waals surface area contributed by atoms with E-state index in [9.17, 15) is 4.79 Å². The van der Waals surface area contributed by atoms with E-state index >= 15 is 0 Å². The Morgan fingerprint density at radius 1 is 1.35 bits per heavy atom. The van der Waals surface area contributed by atoms with Crippen LogP contribution in [0.1, 0.15) is 34.1 Å². The van der Waals surface area contributed by atoms with E-state index in [0.29, 0.717) is 6.61 Å². The van der Waals surface area contributed by atoms with Crippen LogP contribution in [-0.4, -0.2) is 49.7 Å². The minimum Gasteiger partial charge on any atom is -0.385 e. The number of methoxy groups -OCH3 is 1. The van der Waals surface area contributed by atoms with Gasteiger partial charge in [-0.2, -0.15) is 0 Å². The molecule has 0 aromatic rings. The van der Waals surface area contributed by atoms with Crippen LogP contribution in [0.5, 0.6) is 0 Å². The summed E-state index contributed by atoms with van der Waals surface area (Å²) in [6.45, 7) is 11.3. The fourth-order valence-corrected chi connectivity index (χ4v) is 2.15. The molecule has 0 saturated carbocycles. The molecule has 1 rings (SSSR count). The summed E-state index contributed by atoms with van der Waals surface area (Å²) in [5.41, 5.74) is -0.336. The molecular weight excluding hydrogens is 216 g/mol. The number of carbonyl (C=O) groups excluding carboxylic acids is 1. The van der Waals surface area contributed by atoms with Gasteiger partial charge in [-0.1, -0.05) is 0 Å². The van der Waals surface area contributed by atoms with Gasteiger partial charge in [0.25, 0.3) is 0 Å². The number of amides is 1. The number of ether oxygens (including phenoxy) is 1. The lowest BCUT2D eigenvalue weighted by Gasteiger charge is -2.31. The maximum Gasteiger partial charge on any atom is 0.229 e. The fourth-order valence-electron chi connectivity index (χ4n) is 2.15. The predicted octanol–water partition coefficient (Wildman–Crippen LogP) is 1.26. The molecule has 1 aliphatic rings. The van der Waals surface area contributed by atoms with Gasteiger partial charge in [-0.05, 0) is 34.1 Å². The molecule has 1 fully saturated rings. The SMILES string of the molecule is COCCCN1CC(C)(C)NCC(C)(C)C1=O. The Morgan fingerprint density at radius 2 is 2.00 bits per heavy atom. The van der Waals surface area contributed by atoms with Gasteiger partial charge in [-0.25, -0.2) is 0 Å². The quantitative estimate of drug-likeness (QED) is 0.755. The highest BCUT2D eigenvalue weighted by molar-refractivity contribution is 5.82. The molecule has 1 aliphatic heterocycles. The summed E-state index contributed by atoms with van der Waals surface area (Å²) in [6.07, 6.45) is 0.897. The largest absolute Gasteiger partial charge is 0.385 e. The van der Waals surface area contributed by atoms with Crippen LogP contribution in [0, 0.1) is 5.41 Å². The molecule has 0 aromatic heterocycles. The zero-order valence-electron chi connectivity index (χ0n) is 11.8.